The topological polar surface area (TPSA) is 114 Å². The van der Waals surface area contributed by atoms with Gasteiger partial charge in [-0.15, -0.1) is 0 Å². The van der Waals surface area contributed by atoms with Gasteiger partial charge in [-0.1, -0.05) is 13.8 Å². The molecule has 0 spiro atoms. The van der Waals surface area contributed by atoms with Crippen LogP contribution in [-0.4, -0.2) is 74.8 Å². The second kappa shape index (κ2) is 12.2. The van der Waals surface area contributed by atoms with Crippen LogP contribution in [0.1, 0.15) is 55.4 Å². The molecule has 2 aliphatic heterocycles. The van der Waals surface area contributed by atoms with Crippen molar-refractivity contribution in [2.45, 2.75) is 110 Å². The lowest BCUT2D eigenvalue weighted by Gasteiger charge is -2.42. The van der Waals surface area contributed by atoms with Crippen LogP contribution in [0.25, 0.3) is 0 Å². The van der Waals surface area contributed by atoms with Gasteiger partial charge >= 0.3 is 27.6 Å². The Morgan fingerprint density at radius 3 is 1.54 bits per heavy atom. The van der Waals surface area contributed by atoms with Gasteiger partial charge in [0.05, 0.1) is 24.4 Å². The van der Waals surface area contributed by atoms with E-state index < -0.39 is 70.2 Å². The molecule has 206 valence electrons. The number of esters is 2. The van der Waals surface area contributed by atoms with Gasteiger partial charge in [0, 0.05) is 25.7 Å². The van der Waals surface area contributed by atoms with Gasteiger partial charge in [-0.05, 0) is 27.7 Å². The fraction of sp³-hybridized carbons (Fsp3) is 0.905. The molecule has 0 N–H and O–H groups in total. The van der Waals surface area contributed by atoms with Gasteiger partial charge < -0.3 is 18.9 Å². The molecule has 2 unspecified atom stereocenters. The first kappa shape index (κ1) is 31.5. The maximum Gasteiger partial charge on any atom is 0.523 e. The summed E-state index contributed by atoms with van der Waals surface area (Å²) in [6, 6.07) is 0. The largest absolute Gasteiger partial charge is 0.523 e. The van der Waals surface area contributed by atoms with Gasteiger partial charge in [-0.3, -0.25) is 13.8 Å². The van der Waals surface area contributed by atoms with Gasteiger partial charge in [-0.2, -0.15) is 21.6 Å². The highest BCUT2D eigenvalue weighted by Gasteiger charge is 2.53. The molecule has 35 heavy (non-hydrogen) atoms. The summed E-state index contributed by atoms with van der Waals surface area (Å²) in [4.78, 5) is 21.8. The first-order valence-corrected chi connectivity index (χ1v) is 12.5. The van der Waals surface area contributed by atoms with E-state index >= 15 is 0 Å². The van der Waals surface area contributed by atoms with Crippen LogP contribution in [0.3, 0.4) is 0 Å². The summed E-state index contributed by atoms with van der Waals surface area (Å²) in [5.74, 6) is -2.19. The maximum absolute atomic E-state index is 13.7. The molecule has 2 saturated heterocycles. The van der Waals surface area contributed by atoms with Crippen LogP contribution in [0.15, 0.2) is 0 Å². The molecule has 10 atom stereocenters. The van der Waals surface area contributed by atoms with Crippen molar-refractivity contribution < 1.29 is 58.7 Å². The molecule has 0 bridgehead atoms. The molecule has 2 fully saturated rings. The van der Waals surface area contributed by atoms with Crippen molar-refractivity contribution >= 4 is 22.1 Å². The molecule has 0 amide bonds. The SMILES string of the molecule is CC(=O)O[C@@H]1[C@@H](F)[C@@H](C)C(C)O[C@H]1C.CC(=O)O[C@@H]1[C@H](OS(=O)(=O)C(F)(F)F)[C@@H](C)C(C)O[C@H]1C. The highest BCUT2D eigenvalue weighted by molar-refractivity contribution is 7.87. The number of carbonyl (C=O) groups excluding carboxylic acids is 2. The van der Waals surface area contributed by atoms with E-state index in [-0.39, 0.29) is 18.1 Å². The van der Waals surface area contributed by atoms with E-state index in [9.17, 15) is 35.6 Å². The smallest absolute Gasteiger partial charge is 0.457 e. The molecular formula is C21H34F4O9S. The summed E-state index contributed by atoms with van der Waals surface area (Å²) in [7, 11) is -5.79. The third kappa shape index (κ3) is 8.25. The number of carbonyl (C=O) groups is 2. The van der Waals surface area contributed by atoms with E-state index in [4.69, 9.17) is 18.9 Å². The zero-order valence-corrected chi connectivity index (χ0v) is 21.7. The number of rotatable bonds is 4. The van der Waals surface area contributed by atoms with E-state index in [2.05, 4.69) is 4.18 Å². The molecule has 2 rings (SSSR count). The quantitative estimate of drug-likeness (QED) is 0.230. The van der Waals surface area contributed by atoms with Crippen molar-refractivity contribution in [3.05, 3.63) is 0 Å². The van der Waals surface area contributed by atoms with Crippen molar-refractivity contribution in [3.8, 4) is 0 Å². The lowest BCUT2D eigenvalue weighted by atomic mass is 9.89. The van der Waals surface area contributed by atoms with Crippen LogP contribution in [0.5, 0.6) is 0 Å². The second-order valence-corrected chi connectivity index (χ2v) is 10.4. The third-order valence-electron chi connectivity index (χ3n) is 6.05. The second-order valence-electron chi connectivity index (χ2n) is 8.86. The van der Waals surface area contributed by atoms with Crippen LogP contribution in [0, 0.1) is 11.8 Å². The highest BCUT2D eigenvalue weighted by atomic mass is 32.2. The van der Waals surface area contributed by atoms with Crippen molar-refractivity contribution in [2.24, 2.45) is 11.8 Å². The summed E-state index contributed by atoms with van der Waals surface area (Å²) >= 11 is 0. The van der Waals surface area contributed by atoms with Crippen LogP contribution in [0.4, 0.5) is 17.6 Å². The Hall–Kier alpha value is -1.51. The molecule has 0 aromatic heterocycles. The summed E-state index contributed by atoms with van der Waals surface area (Å²) in [5, 5.41) is 0. The molecule has 0 aromatic carbocycles. The van der Waals surface area contributed by atoms with E-state index in [0.717, 1.165) is 6.92 Å². The molecule has 2 heterocycles. The Bertz CT molecular complexity index is 835. The van der Waals surface area contributed by atoms with Crippen molar-refractivity contribution in [1.82, 2.24) is 0 Å². The van der Waals surface area contributed by atoms with E-state index in [0.29, 0.717) is 0 Å². The number of halogens is 4. The highest BCUT2D eigenvalue weighted by Crippen LogP contribution is 2.35. The summed E-state index contributed by atoms with van der Waals surface area (Å²) in [6.07, 6.45) is -6.48. The standard InChI is InChI=1S/C11H17F3O6S.C10H17FO3/c1-5-6(2)18-7(3)10(19-8(4)15)9(5)20-21(16,17)11(12,13)14;1-5-6(2)13-7(3)10(9(5)11)14-8(4)12/h5-7,9-10H,1-4H3;5-7,9-10H,1-4H3/t5-,6?,7-,9+,10-;5-,6?,7-,9-,10-/m00/s1. The first-order chi connectivity index (χ1) is 15.8. The normalized spacial score (nSPS) is 38.1. The Morgan fingerprint density at radius 1 is 0.714 bits per heavy atom. The third-order valence-corrected chi connectivity index (χ3v) is 7.09. The minimum absolute atomic E-state index is 0.133. The minimum Gasteiger partial charge on any atom is -0.457 e. The van der Waals surface area contributed by atoms with Crippen LogP contribution in [-0.2, 0) is 42.8 Å². The van der Waals surface area contributed by atoms with E-state index in [1.165, 1.54) is 20.8 Å². The van der Waals surface area contributed by atoms with E-state index in [1.54, 1.807) is 20.8 Å². The zero-order chi connectivity index (χ0) is 27.5. The van der Waals surface area contributed by atoms with E-state index in [1.807, 2.05) is 6.92 Å². The van der Waals surface area contributed by atoms with Crippen molar-refractivity contribution in [3.63, 3.8) is 0 Å². The maximum atomic E-state index is 13.7. The lowest BCUT2D eigenvalue weighted by Crippen LogP contribution is -2.55. The molecule has 2 aliphatic rings. The lowest BCUT2D eigenvalue weighted by molar-refractivity contribution is -0.201. The number of alkyl halides is 4. The Labute approximate surface area is 202 Å². The van der Waals surface area contributed by atoms with Crippen LogP contribution < -0.4 is 0 Å². The predicted molar refractivity (Wildman–Crippen MR) is 114 cm³/mol. The minimum atomic E-state index is -5.79. The van der Waals surface area contributed by atoms with Crippen molar-refractivity contribution in [2.75, 3.05) is 0 Å². The average Bonchev–Trinajstić information content (AvgIpc) is 2.69. The molecule has 0 radical (unpaired) electrons. The summed E-state index contributed by atoms with van der Waals surface area (Å²) < 4.78 is 98.4. The average molecular weight is 539 g/mol. The zero-order valence-electron chi connectivity index (χ0n) is 20.9. The summed E-state index contributed by atoms with van der Waals surface area (Å²) in [6.45, 7) is 12.2. The van der Waals surface area contributed by atoms with Gasteiger partial charge in [0.15, 0.2) is 12.2 Å². The molecule has 14 heteroatoms. The fourth-order valence-corrected chi connectivity index (χ4v) is 4.47. The molecule has 0 aliphatic carbocycles. The number of hydrogen-bond donors (Lipinski definition) is 0. The van der Waals surface area contributed by atoms with Gasteiger partial charge in [0.1, 0.15) is 12.3 Å². The van der Waals surface area contributed by atoms with Crippen LogP contribution >= 0.6 is 0 Å². The van der Waals surface area contributed by atoms with Gasteiger partial charge in [-0.25, -0.2) is 4.39 Å². The molecule has 0 aromatic rings. The van der Waals surface area contributed by atoms with Gasteiger partial charge in [0.2, 0.25) is 0 Å². The first-order valence-electron chi connectivity index (χ1n) is 11.1. The molecule has 9 nitrogen and oxygen atoms in total. The summed E-state index contributed by atoms with van der Waals surface area (Å²) in [5.41, 5.74) is -5.54. The van der Waals surface area contributed by atoms with Crippen LogP contribution in [0.2, 0.25) is 0 Å². The number of ether oxygens (including phenoxy) is 4. The molecule has 0 saturated carbocycles. The van der Waals surface area contributed by atoms with Gasteiger partial charge in [0.25, 0.3) is 0 Å². The fourth-order valence-electron chi connectivity index (χ4n) is 3.78. The molecular weight excluding hydrogens is 504 g/mol. The Balaban J connectivity index is 0.000000379. The van der Waals surface area contributed by atoms with Crippen molar-refractivity contribution in [1.29, 1.82) is 0 Å². The number of hydrogen-bond acceptors (Lipinski definition) is 9. The Kier molecular flexibility index (Phi) is 10.9. The predicted octanol–water partition coefficient (Wildman–Crippen LogP) is 3.30. The Morgan fingerprint density at radius 2 is 1.11 bits per heavy atom. The monoisotopic (exact) mass is 538 g/mol.